The maximum absolute atomic E-state index is 12.3. The molecule has 0 aliphatic carbocycles. The first-order valence-corrected chi connectivity index (χ1v) is 8.26. The van der Waals surface area contributed by atoms with Crippen molar-refractivity contribution >= 4 is 11.8 Å². The standard InChI is InChI=1S/C19H20N2O5/c22-11-26-15-7-3-13(4-8-15)10-17-19(25)20-16(18(24)21-17)9-12-1-5-14(23)6-2-12/h1-8,16-17,22-23H,9-11H2,(H,20,25)(H,21,24)/t16-,17-/m0/s1. The quantitative estimate of drug-likeness (QED) is 0.564. The number of amides is 2. The van der Waals surface area contributed by atoms with Crippen LogP contribution < -0.4 is 15.4 Å². The van der Waals surface area contributed by atoms with Crippen molar-refractivity contribution in [3.63, 3.8) is 0 Å². The molecule has 1 heterocycles. The van der Waals surface area contributed by atoms with Crippen LogP contribution in [0.15, 0.2) is 48.5 Å². The van der Waals surface area contributed by atoms with Crippen LogP contribution in [-0.4, -0.2) is 40.9 Å². The van der Waals surface area contributed by atoms with Crippen molar-refractivity contribution in [2.45, 2.75) is 24.9 Å². The lowest BCUT2D eigenvalue weighted by atomic mass is 9.98. The van der Waals surface area contributed by atoms with E-state index in [9.17, 15) is 14.7 Å². The highest BCUT2D eigenvalue weighted by molar-refractivity contribution is 5.97. The van der Waals surface area contributed by atoms with Crippen LogP contribution in [0.2, 0.25) is 0 Å². The minimum Gasteiger partial charge on any atom is -0.508 e. The number of phenolic OH excluding ortho intramolecular Hbond substituents is 1. The highest BCUT2D eigenvalue weighted by atomic mass is 16.6. The fourth-order valence-electron chi connectivity index (χ4n) is 2.86. The number of aromatic hydroxyl groups is 1. The molecule has 0 saturated carbocycles. The maximum Gasteiger partial charge on any atom is 0.243 e. The van der Waals surface area contributed by atoms with E-state index in [-0.39, 0.29) is 17.6 Å². The number of hydrogen-bond donors (Lipinski definition) is 4. The Bertz CT molecular complexity index is 774. The second kappa shape index (κ2) is 7.88. The fourth-order valence-corrected chi connectivity index (χ4v) is 2.86. The van der Waals surface area contributed by atoms with Gasteiger partial charge in [-0.3, -0.25) is 9.59 Å². The Kier molecular flexibility index (Phi) is 5.38. The molecule has 1 saturated heterocycles. The summed E-state index contributed by atoms with van der Waals surface area (Å²) in [5.74, 6) is 0.218. The highest BCUT2D eigenvalue weighted by Gasteiger charge is 2.33. The summed E-state index contributed by atoms with van der Waals surface area (Å²) in [4.78, 5) is 24.7. The van der Waals surface area contributed by atoms with Crippen LogP contribution in [0.25, 0.3) is 0 Å². The number of piperazine rings is 1. The highest BCUT2D eigenvalue weighted by Crippen LogP contribution is 2.16. The minimum atomic E-state index is -0.636. The molecule has 4 N–H and O–H groups in total. The molecule has 1 aliphatic heterocycles. The monoisotopic (exact) mass is 356 g/mol. The van der Waals surface area contributed by atoms with Crippen molar-refractivity contribution in [3.8, 4) is 11.5 Å². The van der Waals surface area contributed by atoms with Crippen LogP contribution in [0.4, 0.5) is 0 Å². The fraction of sp³-hybridized carbons (Fsp3) is 0.263. The molecule has 136 valence electrons. The third-order valence-corrected chi connectivity index (χ3v) is 4.24. The summed E-state index contributed by atoms with van der Waals surface area (Å²) in [6.45, 7) is -0.400. The lowest BCUT2D eigenvalue weighted by molar-refractivity contribution is -0.136. The van der Waals surface area contributed by atoms with E-state index in [0.717, 1.165) is 11.1 Å². The molecule has 2 aromatic carbocycles. The number of aliphatic hydroxyl groups excluding tert-OH is 1. The first-order chi connectivity index (χ1) is 12.5. The van der Waals surface area contributed by atoms with Crippen LogP contribution in [0.5, 0.6) is 11.5 Å². The molecule has 0 unspecified atom stereocenters. The first-order valence-electron chi connectivity index (χ1n) is 8.26. The second-order valence-electron chi connectivity index (χ2n) is 6.11. The molecular formula is C19H20N2O5. The number of aliphatic hydroxyl groups is 1. The van der Waals surface area contributed by atoms with E-state index in [2.05, 4.69) is 10.6 Å². The van der Waals surface area contributed by atoms with Gasteiger partial charge in [-0.2, -0.15) is 0 Å². The van der Waals surface area contributed by atoms with Crippen molar-refractivity contribution in [1.82, 2.24) is 10.6 Å². The maximum atomic E-state index is 12.3. The number of hydrogen-bond acceptors (Lipinski definition) is 5. The summed E-state index contributed by atoms with van der Waals surface area (Å²) in [7, 11) is 0. The Morgan fingerprint density at radius 1 is 0.808 bits per heavy atom. The van der Waals surface area contributed by atoms with E-state index in [4.69, 9.17) is 9.84 Å². The Morgan fingerprint density at radius 3 is 1.73 bits per heavy atom. The summed E-state index contributed by atoms with van der Waals surface area (Å²) in [6.07, 6.45) is 0.723. The predicted octanol–water partition coefficient (Wildman–Crippen LogP) is 0.489. The van der Waals surface area contributed by atoms with Gasteiger partial charge in [0.15, 0.2) is 6.79 Å². The zero-order valence-corrected chi connectivity index (χ0v) is 14.0. The normalized spacial score (nSPS) is 19.6. The van der Waals surface area contributed by atoms with Crippen LogP contribution in [-0.2, 0) is 22.4 Å². The van der Waals surface area contributed by atoms with Gasteiger partial charge in [-0.05, 0) is 35.4 Å². The Morgan fingerprint density at radius 2 is 1.27 bits per heavy atom. The van der Waals surface area contributed by atoms with E-state index in [0.29, 0.717) is 18.6 Å². The number of rotatable bonds is 6. The van der Waals surface area contributed by atoms with Gasteiger partial charge in [0.2, 0.25) is 11.8 Å². The smallest absolute Gasteiger partial charge is 0.243 e. The lowest BCUT2D eigenvalue weighted by Gasteiger charge is -2.29. The van der Waals surface area contributed by atoms with E-state index < -0.39 is 18.9 Å². The Balaban J connectivity index is 1.60. The van der Waals surface area contributed by atoms with Gasteiger partial charge >= 0.3 is 0 Å². The zero-order valence-electron chi connectivity index (χ0n) is 14.0. The van der Waals surface area contributed by atoms with Crippen molar-refractivity contribution in [2.24, 2.45) is 0 Å². The molecular weight excluding hydrogens is 336 g/mol. The van der Waals surface area contributed by atoms with Gasteiger partial charge in [-0.25, -0.2) is 0 Å². The molecule has 0 radical (unpaired) electrons. The molecule has 7 nitrogen and oxygen atoms in total. The molecule has 1 fully saturated rings. The SMILES string of the molecule is O=C1N[C@@H](Cc2ccc(OCO)cc2)C(=O)N[C@H]1Cc1ccc(O)cc1. The van der Waals surface area contributed by atoms with Gasteiger partial charge < -0.3 is 25.6 Å². The number of carbonyl (C=O) groups is 2. The van der Waals surface area contributed by atoms with E-state index in [1.54, 1.807) is 48.5 Å². The van der Waals surface area contributed by atoms with E-state index >= 15 is 0 Å². The van der Waals surface area contributed by atoms with E-state index in [1.807, 2.05) is 0 Å². The summed E-state index contributed by atoms with van der Waals surface area (Å²) >= 11 is 0. The third-order valence-electron chi connectivity index (χ3n) is 4.24. The van der Waals surface area contributed by atoms with Gasteiger partial charge in [-0.1, -0.05) is 24.3 Å². The largest absolute Gasteiger partial charge is 0.508 e. The predicted molar refractivity (Wildman–Crippen MR) is 93.5 cm³/mol. The topological polar surface area (TPSA) is 108 Å². The van der Waals surface area contributed by atoms with Crippen LogP contribution in [0, 0.1) is 0 Å². The molecule has 2 aromatic rings. The molecule has 2 amide bonds. The minimum absolute atomic E-state index is 0.154. The Hall–Kier alpha value is -3.06. The second-order valence-corrected chi connectivity index (χ2v) is 6.11. The number of nitrogens with one attached hydrogen (secondary N) is 2. The third kappa shape index (κ3) is 4.31. The number of ether oxygens (including phenoxy) is 1. The van der Waals surface area contributed by atoms with Crippen molar-refractivity contribution in [2.75, 3.05) is 6.79 Å². The Labute approximate surface area is 150 Å². The zero-order chi connectivity index (χ0) is 18.5. The summed E-state index contributed by atoms with van der Waals surface area (Å²) in [5, 5.41) is 23.6. The molecule has 0 spiro atoms. The number of phenols is 1. The van der Waals surface area contributed by atoms with Crippen molar-refractivity contribution < 1.29 is 24.5 Å². The molecule has 2 atom stereocenters. The molecule has 26 heavy (non-hydrogen) atoms. The first kappa shape index (κ1) is 17.8. The molecule has 3 rings (SSSR count). The molecule has 0 bridgehead atoms. The van der Waals surface area contributed by atoms with Gasteiger partial charge in [0.1, 0.15) is 23.6 Å². The van der Waals surface area contributed by atoms with Gasteiger partial charge in [0, 0.05) is 12.8 Å². The molecule has 7 heteroatoms. The summed E-state index contributed by atoms with van der Waals surface area (Å²) in [6, 6.07) is 12.2. The molecule has 1 aliphatic rings. The van der Waals surface area contributed by atoms with Crippen molar-refractivity contribution in [1.29, 1.82) is 0 Å². The number of benzene rings is 2. The van der Waals surface area contributed by atoms with Gasteiger partial charge in [0.05, 0.1) is 0 Å². The van der Waals surface area contributed by atoms with Gasteiger partial charge in [0.25, 0.3) is 0 Å². The van der Waals surface area contributed by atoms with E-state index in [1.165, 1.54) is 0 Å². The average Bonchev–Trinajstić information content (AvgIpc) is 2.63. The van der Waals surface area contributed by atoms with Crippen LogP contribution >= 0.6 is 0 Å². The van der Waals surface area contributed by atoms with Crippen LogP contribution in [0.1, 0.15) is 11.1 Å². The number of carbonyl (C=O) groups excluding carboxylic acids is 2. The van der Waals surface area contributed by atoms with Crippen LogP contribution in [0.3, 0.4) is 0 Å². The van der Waals surface area contributed by atoms with Crippen molar-refractivity contribution in [3.05, 3.63) is 59.7 Å². The lowest BCUT2D eigenvalue weighted by Crippen LogP contribution is -2.62. The molecule has 0 aromatic heterocycles. The van der Waals surface area contributed by atoms with Gasteiger partial charge in [-0.15, -0.1) is 0 Å². The summed E-state index contributed by atoms with van der Waals surface area (Å²) in [5.41, 5.74) is 1.72. The summed E-state index contributed by atoms with van der Waals surface area (Å²) < 4.78 is 4.96. The average molecular weight is 356 g/mol.